The van der Waals surface area contributed by atoms with Crippen molar-refractivity contribution in [2.75, 3.05) is 34.2 Å². The van der Waals surface area contributed by atoms with E-state index in [-0.39, 0.29) is 70.2 Å². The Morgan fingerprint density at radius 3 is 1.91 bits per heavy atom. The number of phenols is 5. The van der Waals surface area contributed by atoms with Gasteiger partial charge in [0.05, 0.1) is 10.0 Å². The van der Waals surface area contributed by atoms with E-state index in [1.165, 1.54) is 61.6 Å². The number of aliphatic hydroxyl groups excluding tert-OH is 3. The fourth-order valence-electron chi connectivity index (χ4n) is 14.4. The Morgan fingerprint density at radius 2 is 1.21 bits per heavy atom. The number of nitrogens with one attached hydrogen (secondary N) is 9. The van der Waals surface area contributed by atoms with Crippen molar-refractivity contribution in [3.63, 3.8) is 0 Å². The molecule has 1 saturated heterocycles. The van der Waals surface area contributed by atoms with Gasteiger partial charge in [-0.1, -0.05) is 105 Å². The minimum atomic E-state index is -2.37. The number of carbonyl (C=O) groups is 9. The molecule has 17 bridgehead atoms. The molecule has 14 rings (SSSR count). The third kappa shape index (κ3) is 18.8. The highest BCUT2D eigenvalue weighted by molar-refractivity contribution is 6.33. The summed E-state index contributed by atoms with van der Waals surface area (Å²) >= 11 is 14.2. The van der Waals surface area contributed by atoms with E-state index in [9.17, 15) is 65.1 Å². The number of benzene rings is 7. The highest BCUT2D eigenvalue weighted by Crippen LogP contribution is 2.50. The molecular weight excluding hydrogens is 1550 g/mol. The van der Waals surface area contributed by atoms with Gasteiger partial charge in [-0.3, -0.25) is 38.4 Å². The molecule has 116 heavy (non-hydrogen) atoms. The standard InChI is InChI=1S/C81H88Cl2N10O23/c1-5-6-7-8-9-10-11-12-14-58(99)87-67-69(101)70(102)72(80(110)111)116-81(67)115-71-56-31-41-32-57(71)114-54-24-19-40(29-48(54)82)68(100)66-79(109)91-64(74(104)85-25-13-26-93(3)4)46-33-42(94)34-52(97)59(46)45-28-38(17-22-50(45)95)62(76(106)92-66)88-77(107)63(41)89-78(108)65-47-35-44(36-53(98)60(47)83)113-55-30-39(18-23-51(55)96)61(84-2)75(105)86-49(73(103)90-65)27-37-15-20-43(112-56)21-16-37/h15-24,28-36,49,61-70,72,81,84,94-98,100-102H,5-14,25-27H2,1-4H3,(H,85,104)(H,86,105)(H,87,99)(H,88,107)(H,89,108)(H,90,103)(H,91,109)(H,92,106)(H,110,111)/t49-,61+,62-,63-,64-,65+,66+,67-,68-,69-,70+,72+,81-/m1/s1. The molecule has 35 heteroatoms. The molecule has 1 fully saturated rings. The van der Waals surface area contributed by atoms with Crippen molar-refractivity contribution in [3.8, 4) is 80.1 Å². The summed E-state index contributed by atoms with van der Waals surface area (Å²) in [6.45, 7) is 2.58. The van der Waals surface area contributed by atoms with Crippen LogP contribution in [0.4, 0.5) is 0 Å². The molecule has 18 N–H and O–H groups in total. The Balaban J connectivity index is 1.09. The second-order valence-electron chi connectivity index (χ2n) is 29.1. The number of hydrogen-bond donors (Lipinski definition) is 18. The summed E-state index contributed by atoms with van der Waals surface area (Å²) in [7, 11) is 5.04. The molecule has 7 aromatic rings. The number of rotatable bonds is 19. The molecule has 7 heterocycles. The van der Waals surface area contributed by atoms with E-state index in [1.807, 2.05) is 4.90 Å². The number of carboxylic acid groups (broad SMARTS) is 1. The van der Waals surface area contributed by atoms with E-state index in [4.69, 9.17) is 46.9 Å². The van der Waals surface area contributed by atoms with Gasteiger partial charge in [-0.05, 0) is 147 Å². The van der Waals surface area contributed by atoms with Crippen molar-refractivity contribution >= 4 is 76.4 Å². The average molecular weight is 1640 g/mol. The first-order valence-corrected chi connectivity index (χ1v) is 38.4. The summed E-state index contributed by atoms with van der Waals surface area (Å²) in [6, 6.07) is 6.90. The molecule has 7 aromatic carbocycles. The number of carboxylic acids is 1. The highest BCUT2D eigenvalue weighted by atomic mass is 35.5. The van der Waals surface area contributed by atoms with Gasteiger partial charge in [0.25, 0.3) is 0 Å². The lowest BCUT2D eigenvalue weighted by atomic mass is 9.89. The number of aliphatic carboxylic acids is 1. The first kappa shape index (κ1) is 83.7. The Kier molecular flexibility index (Phi) is 26.3. The van der Waals surface area contributed by atoms with Gasteiger partial charge in [-0.25, -0.2) is 4.79 Å². The van der Waals surface area contributed by atoms with Crippen LogP contribution in [0.1, 0.15) is 146 Å². The van der Waals surface area contributed by atoms with Crippen molar-refractivity contribution < 1.29 is 113 Å². The van der Waals surface area contributed by atoms with Gasteiger partial charge < -0.3 is 122 Å². The van der Waals surface area contributed by atoms with Crippen molar-refractivity contribution in [2.45, 2.75) is 157 Å². The van der Waals surface area contributed by atoms with Crippen molar-refractivity contribution in [2.24, 2.45) is 0 Å². The highest BCUT2D eigenvalue weighted by Gasteiger charge is 2.51. The molecule has 614 valence electrons. The largest absolute Gasteiger partial charge is 0.508 e. The number of aliphatic hydroxyl groups is 3. The van der Waals surface area contributed by atoms with Gasteiger partial charge in [0, 0.05) is 48.2 Å². The normalized spacial score (nSPS) is 23.2. The van der Waals surface area contributed by atoms with Gasteiger partial charge in [0.15, 0.2) is 29.1 Å². The third-order valence-corrected chi connectivity index (χ3v) is 21.2. The van der Waals surface area contributed by atoms with Crippen LogP contribution in [0.5, 0.6) is 69.0 Å². The summed E-state index contributed by atoms with van der Waals surface area (Å²) in [5.74, 6) is -17.1. The van der Waals surface area contributed by atoms with Crippen LogP contribution in [0.15, 0.2) is 115 Å². The number of carbonyl (C=O) groups excluding carboxylic acids is 8. The number of phenolic OH excluding ortho intramolecular Hbond substituents is 5. The molecule has 0 spiro atoms. The predicted molar refractivity (Wildman–Crippen MR) is 415 cm³/mol. The summed E-state index contributed by atoms with van der Waals surface area (Å²) < 4.78 is 32.3. The van der Waals surface area contributed by atoms with Crippen LogP contribution in [0, 0.1) is 0 Å². The molecule has 0 aliphatic carbocycles. The fraction of sp³-hybridized carbons (Fsp3) is 0.370. The van der Waals surface area contributed by atoms with E-state index >= 15 is 24.0 Å². The zero-order valence-corrected chi connectivity index (χ0v) is 64.6. The molecule has 8 amide bonds. The number of aromatic hydroxyl groups is 5. The molecule has 0 radical (unpaired) electrons. The molecule has 0 saturated carbocycles. The topological polar surface area (TPSA) is 493 Å². The second-order valence-corrected chi connectivity index (χ2v) is 29.9. The Morgan fingerprint density at radius 1 is 0.569 bits per heavy atom. The molecule has 7 aliphatic rings. The van der Waals surface area contributed by atoms with Gasteiger partial charge in [-0.2, -0.15) is 0 Å². The van der Waals surface area contributed by atoms with E-state index in [2.05, 4.69) is 54.8 Å². The van der Waals surface area contributed by atoms with Gasteiger partial charge in [0.2, 0.25) is 59.3 Å². The molecular formula is C81H88Cl2N10O23. The maximum atomic E-state index is 16.5. The minimum absolute atomic E-state index is 0.00106. The number of unbranched alkanes of at least 4 members (excludes halogenated alkanes) is 7. The first-order chi connectivity index (χ1) is 55.5. The Labute approximate surface area is 673 Å². The second kappa shape index (κ2) is 36.4. The van der Waals surface area contributed by atoms with E-state index in [0.29, 0.717) is 31.4 Å². The van der Waals surface area contributed by atoms with Crippen LogP contribution in [0.2, 0.25) is 10.0 Å². The minimum Gasteiger partial charge on any atom is -0.508 e. The Hall–Kier alpha value is -11.7. The molecule has 13 atom stereocenters. The van der Waals surface area contributed by atoms with Crippen molar-refractivity contribution in [1.82, 2.24) is 52.8 Å². The zero-order valence-electron chi connectivity index (χ0n) is 63.1. The number of likely N-dealkylation sites (N-methyl/N-ethyl adjacent to an activating group) is 1. The van der Waals surface area contributed by atoms with Gasteiger partial charge in [-0.15, -0.1) is 0 Å². The molecule has 7 aliphatic heterocycles. The molecule has 0 unspecified atom stereocenters. The Bertz CT molecular complexity index is 4940. The zero-order chi connectivity index (χ0) is 83.1. The van der Waals surface area contributed by atoms with Crippen LogP contribution in [-0.2, 0) is 54.3 Å². The number of amides is 8. The quantitative estimate of drug-likeness (QED) is 0.0387. The number of fused-ring (bicyclic) bond motifs is 14. The average Bonchev–Trinajstić information content (AvgIpc) is 0.764. The number of halogens is 2. The lowest BCUT2D eigenvalue weighted by Gasteiger charge is -2.41. The molecule has 33 nitrogen and oxygen atoms in total. The van der Waals surface area contributed by atoms with Crippen LogP contribution >= 0.6 is 23.2 Å². The molecule has 0 aromatic heterocycles. The van der Waals surface area contributed by atoms with Crippen LogP contribution < -0.4 is 66.8 Å². The number of nitrogens with zero attached hydrogens (tertiary/aromatic N) is 1. The van der Waals surface area contributed by atoms with Gasteiger partial charge >= 0.3 is 5.97 Å². The van der Waals surface area contributed by atoms with E-state index in [0.717, 1.165) is 99.2 Å². The smallest absolute Gasteiger partial charge is 0.335 e. The third-order valence-electron chi connectivity index (χ3n) is 20.5. The monoisotopic (exact) mass is 1640 g/mol. The maximum Gasteiger partial charge on any atom is 0.335 e. The summed E-state index contributed by atoms with van der Waals surface area (Å²) in [5.41, 5.74) is -2.06. The number of hydrogen-bond acceptors (Lipinski definition) is 24. The van der Waals surface area contributed by atoms with Crippen molar-refractivity contribution in [3.05, 3.63) is 164 Å². The SMILES string of the molecule is CCCCCCCCCCC(=O)N[C@H]1[C@H](Oc2c3cc4cc2Oc2ccc(cc2Cl)[C@@H](O)[C@@H]2NC(=O)[C@H](NC(=O)[C@@H]4NC(=O)[C@H]4NC(=O)[C@@H](Cc5ccc(cc5)O3)NC(=O)[C@@H](NC)c3ccc(O)c(c3)Oc3cc(O)c(Cl)c4c3)c3ccc(O)c(c3)-c3c(O)cc(O)cc3[C@H](C(=O)NCCCN(C)C)NC2=O)O[C@H](C(=O)O)[C@@H](O)[C@@H]1O. The predicted octanol–water partition coefficient (Wildman–Crippen LogP) is 6.45. The van der Waals surface area contributed by atoms with Gasteiger partial charge in [0.1, 0.15) is 107 Å². The van der Waals surface area contributed by atoms with Crippen LogP contribution in [-0.4, -0.2) is 181 Å². The lowest BCUT2D eigenvalue weighted by Crippen LogP contribution is -2.66. The number of ether oxygens (including phenoxy) is 5. The first-order valence-electron chi connectivity index (χ1n) is 37.6. The lowest BCUT2D eigenvalue weighted by molar-refractivity contribution is -0.241. The summed E-state index contributed by atoms with van der Waals surface area (Å²) in [4.78, 5) is 138. The van der Waals surface area contributed by atoms with E-state index < -0.39 is 205 Å². The summed E-state index contributed by atoms with van der Waals surface area (Å²) in [6.07, 6.45) is -4.21. The van der Waals surface area contributed by atoms with Crippen LogP contribution in [0.25, 0.3) is 11.1 Å². The maximum absolute atomic E-state index is 16.5. The van der Waals surface area contributed by atoms with Crippen LogP contribution in [0.3, 0.4) is 0 Å². The van der Waals surface area contributed by atoms with E-state index in [1.54, 1.807) is 14.1 Å². The fourth-order valence-corrected chi connectivity index (χ4v) is 14.9. The summed E-state index contributed by atoms with van der Waals surface area (Å²) in [5, 5.41) is 128. The van der Waals surface area contributed by atoms with Crippen molar-refractivity contribution in [1.29, 1.82) is 0 Å².